The van der Waals surface area contributed by atoms with Crippen LogP contribution < -0.4 is 5.73 Å². The molecule has 0 fully saturated rings. The van der Waals surface area contributed by atoms with E-state index < -0.39 is 0 Å². The van der Waals surface area contributed by atoms with Gasteiger partial charge in [0.05, 0.1) is 0 Å². The molecule has 2 N–H and O–H groups in total. The van der Waals surface area contributed by atoms with Gasteiger partial charge < -0.3 is 15.5 Å². The second-order valence-electron chi connectivity index (χ2n) is 3.37. The molecule has 0 aromatic carbocycles. The number of likely N-dealkylation sites (N-methyl/N-ethyl adjacent to an activating group) is 1. The predicted molar refractivity (Wildman–Crippen MR) is 58.0 cm³/mol. The SMILES string of the molecule is CCCN(CCN(C)C)C(N)=NC. The van der Waals surface area contributed by atoms with Gasteiger partial charge in [0.25, 0.3) is 0 Å². The summed E-state index contributed by atoms with van der Waals surface area (Å²) >= 11 is 0. The van der Waals surface area contributed by atoms with E-state index in [-0.39, 0.29) is 0 Å². The number of hydrogen-bond acceptors (Lipinski definition) is 2. The summed E-state index contributed by atoms with van der Waals surface area (Å²) in [4.78, 5) is 8.24. The lowest BCUT2D eigenvalue weighted by atomic mass is 10.4. The fraction of sp³-hybridized carbons (Fsp3) is 0.889. The summed E-state index contributed by atoms with van der Waals surface area (Å²) in [6.07, 6.45) is 1.10. The third-order valence-corrected chi connectivity index (χ3v) is 1.86. The molecular formula is C9H22N4. The maximum Gasteiger partial charge on any atom is 0.191 e. The van der Waals surface area contributed by atoms with Crippen LogP contribution in [0.25, 0.3) is 0 Å². The second-order valence-corrected chi connectivity index (χ2v) is 3.37. The van der Waals surface area contributed by atoms with Crippen molar-refractivity contribution in [2.45, 2.75) is 13.3 Å². The molecule has 0 aromatic rings. The topological polar surface area (TPSA) is 44.9 Å². The average molecular weight is 186 g/mol. The van der Waals surface area contributed by atoms with Gasteiger partial charge in [0.2, 0.25) is 0 Å². The molecule has 0 heterocycles. The van der Waals surface area contributed by atoms with Crippen LogP contribution in [0.2, 0.25) is 0 Å². The molecule has 0 saturated carbocycles. The van der Waals surface area contributed by atoms with E-state index >= 15 is 0 Å². The largest absolute Gasteiger partial charge is 0.370 e. The van der Waals surface area contributed by atoms with Gasteiger partial charge in [0, 0.05) is 26.7 Å². The van der Waals surface area contributed by atoms with Crippen LogP contribution >= 0.6 is 0 Å². The zero-order valence-corrected chi connectivity index (χ0v) is 9.25. The summed E-state index contributed by atoms with van der Waals surface area (Å²) in [6, 6.07) is 0. The summed E-state index contributed by atoms with van der Waals surface area (Å²) in [6.45, 7) is 5.09. The summed E-state index contributed by atoms with van der Waals surface area (Å²) < 4.78 is 0. The Morgan fingerprint density at radius 3 is 2.23 bits per heavy atom. The first-order valence-electron chi connectivity index (χ1n) is 4.73. The highest BCUT2D eigenvalue weighted by Crippen LogP contribution is 1.91. The number of guanidine groups is 1. The van der Waals surface area contributed by atoms with E-state index in [0.29, 0.717) is 5.96 Å². The van der Waals surface area contributed by atoms with Crippen LogP contribution in [0.5, 0.6) is 0 Å². The van der Waals surface area contributed by atoms with Crippen molar-refractivity contribution >= 4 is 5.96 Å². The number of nitrogens with two attached hydrogens (primary N) is 1. The molecule has 0 spiro atoms. The Hall–Kier alpha value is -0.770. The van der Waals surface area contributed by atoms with Crippen LogP contribution in [0.1, 0.15) is 13.3 Å². The van der Waals surface area contributed by atoms with Crippen LogP contribution in [0.4, 0.5) is 0 Å². The third-order valence-electron chi connectivity index (χ3n) is 1.86. The van der Waals surface area contributed by atoms with Gasteiger partial charge in [-0.3, -0.25) is 4.99 Å². The Labute approximate surface area is 81.4 Å². The van der Waals surface area contributed by atoms with E-state index in [2.05, 4.69) is 35.8 Å². The van der Waals surface area contributed by atoms with E-state index in [9.17, 15) is 0 Å². The lowest BCUT2D eigenvalue weighted by molar-refractivity contribution is 0.327. The van der Waals surface area contributed by atoms with E-state index in [0.717, 1.165) is 26.1 Å². The summed E-state index contributed by atoms with van der Waals surface area (Å²) in [5, 5.41) is 0. The first kappa shape index (κ1) is 12.2. The van der Waals surface area contributed by atoms with Gasteiger partial charge in [-0.15, -0.1) is 0 Å². The van der Waals surface area contributed by atoms with Crippen molar-refractivity contribution in [2.24, 2.45) is 10.7 Å². The molecule has 78 valence electrons. The van der Waals surface area contributed by atoms with Crippen molar-refractivity contribution in [3.63, 3.8) is 0 Å². The van der Waals surface area contributed by atoms with Crippen LogP contribution in [-0.2, 0) is 0 Å². The van der Waals surface area contributed by atoms with E-state index in [4.69, 9.17) is 5.73 Å². The minimum Gasteiger partial charge on any atom is -0.370 e. The molecule has 0 aliphatic rings. The second kappa shape index (κ2) is 6.71. The first-order chi connectivity index (χ1) is 6.11. The Kier molecular flexibility index (Phi) is 6.32. The lowest BCUT2D eigenvalue weighted by Crippen LogP contribution is -2.41. The van der Waals surface area contributed by atoms with Gasteiger partial charge in [-0.05, 0) is 20.5 Å². The molecule has 0 bridgehead atoms. The van der Waals surface area contributed by atoms with Gasteiger partial charge in [-0.1, -0.05) is 6.92 Å². The van der Waals surface area contributed by atoms with Crippen LogP contribution in [0.15, 0.2) is 4.99 Å². The summed E-state index contributed by atoms with van der Waals surface area (Å²) in [5.41, 5.74) is 5.75. The molecule has 0 radical (unpaired) electrons. The van der Waals surface area contributed by atoms with Gasteiger partial charge in [0.1, 0.15) is 0 Å². The standard InChI is InChI=1S/C9H22N4/c1-5-6-13(9(10)11-2)8-7-12(3)4/h5-8H2,1-4H3,(H2,10,11). The summed E-state index contributed by atoms with van der Waals surface area (Å²) in [7, 11) is 5.85. The zero-order valence-electron chi connectivity index (χ0n) is 9.25. The molecule has 13 heavy (non-hydrogen) atoms. The number of hydrogen-bond donors (Lipinski definition) is 1. The van der Waals surface area contributed by atoms with Gasteiger partial charge in [-0.25, -0.2) is 0 Å². The maximum absolute atomic E-state index is 5.75. The molecule has 4 heteroatoms. The fourth-order valence-corrected chi connectivity index (χ4v) is 1.07. The third kappa shape index (κ3) is 5.47. The predicted octanol–water partition coefficient (Wildman–Crippen LogP) is 0.205. The monoisotopic (exact) mass is 186 g/mol. The van der Waals surface area contributed by atoms with Crippen molar-refractivity contribution in [1.29, 1.82) is 0 Å². The quantitative estimate of drug-likeness (QED) is 0.493. The molecule has 0 atom stereocenters. The highest BCUT2D eigenvalue weighted by molar-refractivity contribution is 5.77. The molecule has 0 aromatic heterocycles. The number of rotatable bonds is 5. The maximum atomic E-state index is 5.75. The number of nitrogens with zero attached hydrogens (tertiary/aromatic N) is 3. The van der Waals surface area contributed by atoms with Crippen molar-refractivity contribution in [3.8, 4) is 0 Å². The molecule has 0 rings (SSSR count). The molecule has 0 amide bonds. The fourth-order valence-electron chi connectivity index (χ4n) is 1.07. The van der Waals surface area contributed by atoms with Crippen molar-refractivity contribution in [1.82, 2.24) is 9.80 Å². The van der Waals surface area contributed by atoms with Crippen LogP contribution in [0.3, 0.4) is 0 Å². The molecule has 0 unspecified atom stereocenters. The van der Waals surface area contributed by atoms with Crippen molar-refractivity contribution < 1.29 is 0 Å². The smallest absolute Gasteiger partial charge is 0.191 e. The van der Waals surface area contributed by atoms with E-state index in [1.165, 1.54) is 0 Å². The molecule has 0 saturated heterocycles. The molecule has 0 aliphatic carbocycles. The van der Waals surface area contributed by atoms with Gasteiger partial charge in [-0.2, -0.15) is 0 Å². The van der Waals surface area contributed by atoms with Crippen molar-refractivity contribution in [3.05, 3.63) is 0 Å². The Morgan fingerprint density at radius 2 is 1.85 bits per heavy atom. The highest BCUT2D eigenvalue weighted by atomic mass is 15.3. The Morgan fingerprint density at radius 1 is 1.23 bits per heavy atom. The normalized spacial score (nSPS) is 12.2. The number of aliphatic imine (C=N–C) groups is 1. The van der Waals surface area contributed by atoms with E-state index in [1.807, 2.05) is 0 Å². The lowest BCUT2D eigenvalue weighted by Gasteiger charge is -2.24. The van der Waals surface area contributed by atoms with Crippen LogP contribution in [0, 0.1) is 0 Å². The zero-order chi connectivity index (χ0) is 10.3. The minimum atomic E-state index is 0.642. The Bertz CT molecular complexity index is 154. The van der Waals surface area contributed by atoms with E-state index in [1.54, 1.807) is 7.05 Å². The molecule has 0 aliphatic heterocycles. The summed E-state index contributed by atoms with van der Waals surface area (Å²) in [5.74, 6) is 0.642. The Balaban J connectivity index is 3.94. The van der Waals surface area contributed by atoms with Gasteiger partial charge >= 0.3 is 0 Å². The first-order valence-corrected chi connectivity index (χ1v) is 4.73. The molecule has 4 nitrogen and oxygen atoms in total. The highest BCUT2D eigenvalue weighted by Gasteiger charge is 2.05. The average Bonchev–Trinajstić information content (AvgIpc) is 2.10. The minimum absolute atomic E-state index is 0.642. The van der Waals surface area contributed by atoms with Crippen LogP contribution in [-0.4, -0.2) is 56.5 Å². The van der Waals surface area contributed by atoms with Crippen molar-refractivity contribution in [2.75, 3.05) is 40.8 Å². The molecular weight excluding hydrogens is 164 g/mol. The van der Waals surface area contributed by atoms with Gasteiger partial charge in [0.15, 0.2) is 5.96 Å².